The number of rotatable bonds is 3. The van der Waals surface area contributed by atoms with E-state index in [4.69, 9.17) is 0 Å². The van der Waals surface area contributed by atoms with Gasteiger partial charge in [-0.05, 0) is 38.1 Å². The van der Waals surface area contributed by atoms with Gasteiger partial charge in [-0.2, -0.15) is 0 Å². The highest BCUT2D eigenvalue weighted by Gasteiger charge is 2.18. The molecule has 5 nitrogen and oxygen atoms in total. The van der Waals surface area contributed by atoms with Crippen molar-refractivity contribution in [3.8, 4) is 11.3 Å². The van der Waals surface area contributed by atoms with Crippen LogP contribution in [-0.2, 0) is 0 Å². The van der Waals surface area contributed by atoms with Crippen molar-refractivity contribution in [2.45, 2.75) is 18.9 Å². The Morgan fingerprint density at radius 3 is 2.63 bits per heavy atom. The Labute approximate surface area is 113 Å². The number of aromatic nitrogens is 3. The van der Waals surface area contributed by atoms with Crippen molar-refractivity contribution < 1.29 is 0 Å². The number of hydrogen-bond donors (Lipinski definition) is 2. The van der Waals surface area contributed by atoms with Crippen molar-refractivity contribution >= 4 is 5.82 Å². The standard InChI is InChI=1S/C14H19N5/c1-15-12-5-8-19(9-6-12)14-3-2-13(17-18-14)11-4-7-16-10-11/h2-4,7,10,12,15-16H,5-6,8-9H2,1H3. The maximum Gasteiger partial charge on any atom is 0.151 e. The first-order chi connectivity index (χ1) is 9.36. The fourth-order valence-electron chi connectivity index (χ4n) is 2.53. The van der Waals surface area contributed by atoms with Gasteiger partial charge in [0.15, 0.2) is 5.82 Å². The number of nitrogens with one attached hydrogen (secondary N) is 2. The molecule has 5 heteroatoms. The summed E-state index contributed by atoms with van der Waals surface area (Å²) in [4.78, 5) is 5.34. The Morgan fingerprint density at radius 1 is 1.21 bits per heavy atom. The molecule has 2 N–H and O–H groups in total. The van der Waals surface area contributed by atoms with E-state index < -0.39 is 0 Å². The molecule has 3 heterocycles. The number of hydrogen-bond acceptors (Lipinski definition) is 4. The van der Waals surface area contributed by atoms with Crippen molar-refractivity contribution in [2.75, 3.05) is 25.0 Å². The molecule has 1 fully saturated rings. The maximum atomic E-state index is 4.35. The third-order valence-electron chi connectivity index (χ3n) is 3.77. The van der Waals surface area contributed by atoms with Crippen LogP contribution in [0.2, 0.25) is 0 Å². The molecular weight excluding hydrogens is 238 g/mol. The van der Waals surface area contributed by atoms with Crippen LogP contribution in [0.1, 0.15) is 12.8 Å². The Kier molecular flexibility index (Phi) is 3.46. The molecule has 0 unspecified atom stereocenters. The van der Waals surface area contributed by atoms with E-state index in [0.29, 0.717) is 6.04 Å². The molecule has 0 saturated carbocycles. The van der Waals surface area contributed by atoms with Crippen LogP contribution < -0.4 is 10.2 Å². The summed E-state index contributed by atoms with van der Waals surface area (Å²) in [6.45, 7) is 2.09. The predicted molar refractivity (Wildman–Crippen MR) is 76.1 cm³/mol. The lowest BCUT2D eigenvalue weighted by molar-refractivity contribution is 0.440. The Bertz CT molecular complexity index is 497. The molecule has 19 heavy (non-hydrogen) atoms. The highest BCUT2D eigenvalue weighted by Crippen LogP contribution is 2.20. The first kappa shape index (κ1) is 12.2. The average Bonchev–Trinajstić information content (AvgIpc) is 3.02. The zero-order valence-electron chi connectivity index (χ0n) is 11.1. The Morgan fingerprint density at radius 2 is 2.05 bits per heavy atom. The molecule has 0 atom stereocenters. The summed E-state index contributed by atoms with van der Waals surface area (Å²) in [6.07, 6.45) is 6.16. The Hall–Kier alpha value is -1.88. The molecule has 1 saturated heterocycles. The third-order valence-corrected chi connectivity index (χ3v) is 3.77. The van der Waals surface area contributed by atoms with Crippen molar-refractivity contribution in [1.82, 2.24) is 20.5 Å². The molecule has 0 bridgehead atoms. The summed E-state index contributed by atoms with van der Waals surface area (Å²) in [5, 5.41) is 12.0. The van der Waals surface area contributed by atoms with Crippen LogP contribution in [0.25, 0.3) is 11.3 Å². The van der Waals surface area contributed by atoms with Crippen molar-refractivity contribution in [2.24, 2.45) is 0 Å². The van der Waals surface area contributed by atoms with E-state index in [1.165, 1.54) is 0 Å². The fraction of sp³-hybridized carbons (Fsp3) is 0.429. The van der Waals surface area contributed by atoms with E-state index in [-0.39, 0.29) is 0 Å². The number of nitrogens with zero attached hydrogens (tertiary/aromatic N) is 3. The molecule has 0 aliphatic carbocycles. The third kappa shape index (κ3) is 2.61. The van der Waals surface area contributed by atoms with E-state index >= 15 is 0 Å². The molecule has 0 radical (unpaired) electrons. The second kappa shape index (κ2) is 5.40. The van der Waals surface area contributed by atoms with E-state index in [1.54, 1.807) is 0 Å². The molecule has 2 aromatic heterocycles. The number of H-pyrrole nitrogens is 1. The second-order valence-corrected chi connectivity index (χ2v) is 4.93. The van der Waals surface area contributed by atoms with E-state index in [1.807, 2.05) is 31.6 Å². The molecular formula is C14H19N5. The van der Waals surface area contributed by atoms with Gasteiger partial charge in [-0.3, -0.25) is 0 Å². The second-order valence-electron chi connectivity index (χ2n) is 4.93. The molecule has 2 aromatic rings. The van der Waals surface area contributed by atoms with Crippen molar-refractivity contribution in [3.63, 3.8) is 0 Å². The molecule has 1 aliphatic rings. The lowest BCUT2D eigenvalue weighted by Crippen LogP contribution is -2.41. The van der Waals surface area contributed by atoms with E-state index in [2.05, 4.69) is 31.5 Å². The minimum absolute atomic E-state index is 0.642. The molecule has 1 aliphatic heterocycles. The zero-order valence-corrected chi connectivity index (χ0v) is 11.1. The largest absolute Gasteiger partial charge is 0.367 e. The van der Waals surface area contributed by atoms with Gasteiger partial charge in [0.05, 0.1) is 5.69 Å². The summed E-state index contributed by atoms with van der Waals surface area (Å²) in [5.74, 6) is 0.980. The van der Waals surface area contributed by atoms with Crippen LogP contribution in [0.4, 0.5) is 5.82 Å². The molecule has 100 valence electrons. The van der Waals surface area contributed by atoms with E-state index in [9.17, 15) is 0 Å². The smallest absolute Gasteiger partial charge is 0.151 e. The summed E-state index contributed by atoms with van der Waals surface area (Å²) >= 11 is 0. The molecule has 0 spiro atoms. The first-order valence-electron chi connectivity index (χ1n) is 6.76. The monoisotopic (exact) mass is 257 g/mol. The number of anilines is 1. The Balaban J connectivity index is 1.70. The fourth-order valence-corrected chi connectivity index (χ4v) is 2.53. The minimum atomic E-state index is 0.642. The summed E-state index contributed by atoms with van der Waals surface area (Å²) < 4.78 is 0. The molecule has 0 amide bonds. The lowest BCUT2D eigenvalue weighted by atomic mass is 10.1. The zero-order chi connectivity index (χ0) is 13.1. The van der Waals surface area contributed by atoms with Gasteiger partial charge in [0, 0.05) is 37.1 Å². The van der Waals surface area contributed by atoms with Crippen molar-refractivity contribution in [3.05, 3.63) is 30.6 Å². The predicted octanol–water partition coefficient (Wildman–Crippen LogP) is 1.66. The highest BCUT2D eigenvalue weighted by atomic mass is 15.3. The molecule has 3 rings (SSSR count). The SMILES string of the molecule is CNC1CCN(c2ccc(-c3cc[nH]c3)nn2)CC1. The highest BCUT2D eigenvalue weighted by molar-refractivity contribution is 5.58. The van der Waals surface area contributed by atoms with Crippen molar-refractivity contribution in [1.29, 1.82) is 0 Å². The summed E-state index contributed by atoms with van der Waals surface area (Å²) in [7, 11) is 2.03. The minimum Gasteiger partial charge on any atom is -0.367 e. The van der Waals surface area contributed by atoms with Crippen LogP contribution in [0, 0.1) is 0 Å². The average molecular weight is 257 g/mol. The van der Waals surface area contributed by atoms with Gasteiger partial charge in [0.2, 0.25) is 0 Å². The normalized spacial score (nSPS) is 16.8. The van der Waals surface area contributed by atoms with Gasteiger partial charge in [-0.25, -0.2) is 0 Å². The van der Waals surface area contributed by atoms with Crippen LogP contribution in [-0.4, -0.2) is 41.4 Å². The van der Waals surface area contributed by atoms with Gasteiger partial charge >= 0.3 is 0 Å². The van der Waals surface area contributed by atoms with Gasteiger partial charge in [-0.1, -0.05) is 0 Å². The summed E-state index contributed by atoms with van der Waals surface area (Å²) in [5.41, 5.74) is 1.99. The first-order valence-corrected chi connectivity index (χ1v) is 6.76. The van der Waals surface area contributed by atoms with Crippen LogP contribution >= 0.6 is 0 Å². The maximum absolute atomic E-state index is 4.35. The number of aromatic amines is 1. The van der Waals surface area contributed by atoms with Crippen LogP contribution in [0.5, 0.6) is 0 Å². The lowest BCUT2D eigenvalue weighted by Gasteiger charge is -2.32. The quantitative estimate of drug-likeness (QED) is 0.878. The topological polar surface area (TPSA) is 56.8 Å². The molecule has 0 aromatic carbocycles. The van der Waals surface area contributed by atoms with Gasteiger partial charge < -0.3 is 15.2 Å². The van der Waals surface area contributed by atoms with Gasteiger partial charge in [-0.15, -0.1) is 10.2 Å². The van der Waals surface area contributed by atoms with Crippen LogP contribution in [0.15, 0.2) is 30.6 Å². The van der Waals surface area contributed by atoms with E-state index in [0.717, 1.165) is 43.0 Å². The van der Waals surface area contributed by atoms with Gasteiger partial charge in [0.25, 0.3) is 0 Å². The van der Waals surface area contributed by atoms with Crippen LogP contribution in [0.3, 0.4) is 0 Å². The number of piperidine rings is 1. The van der Waals surface area contributed by atoms with Gasteiger partial charge in [0.1, 0.15) is 0 Å². The summed E-state index contributed by atoms with van der Waals surface area (Å²) in [6, 6.07) is 6.75.